The summed E-state index contributed by atoms with van der Waals surface area (Å²) in [5, 5.41) is 3.71. The van der Waals surface area contributed by atoms with E-state index in [0.717, 1.165) is 16.8 Å². The summed E-state index contributed by atoms with van der Waals surface area (Å²) in [6.45, 7) is 8.36. The maximum absolute atomic E-state index is 6.28. The molecule has 43 heavy (non-hydrogen) atoms. The summed E-state index contributed by atoms with van der Waals surface area (Å²) in [4.78, 5) is 0. The van der Waals surface area contributed by atoms with E-state index < -0.39 is 0 Å². The van der Waals surface area contributed by atoms with E-state index in [1.807, 2.05) is 0 Å². The second-order valence-electron chi connectivity index (χ2n) is 12.5. The van der Waals surface area contributed by atoms with Gasteiger partial charge in [0.05, 0.1) is 27.8 Å². The van der Waals surface area contributed by atoms with Gasteiger partial charge < -0.3 is 18.4 Å². The van der Waals surface area contributed by atoms with Crippen molar-refractivity contribution in [3.05, 3.63) is 128 Å². The molecule has 2 aromatic heterocycles. The Balaban J connectivity index is 1.27. The van der Waals surface area contributed by atoms with E-state index in [-0.39, 0.29) is 18.3 Å². The van der Waals surface area contributed by atoms with Crippen LogP contribution < -0.4 is 5.46 Å². The summed E-state index contributed by atoms with van der Waals surface area (Å²) in [5.41, 5.74) is 8.59. The molecule has 0 unspecified atom stereocenters. The lowest BCUT2D eigenvalue weighted by Crippen LogP contribution is -2.41. The van der Waals surface area contributed by atoms with E-state index in [1.165, 1.54) is 43.8 Å². The molecule has 0 radical (unpaired) electrons. The summed E-state index contributed by atoms with van der Waals surface area (Å²) >= 11 is 0. The van der Waals surface area contributed by atoms with Crippen LogP contribution in [0.2, 0.25) is 0 Å². The van der Waals surface area contributed by atoms with Gasteiger partial charge in [-0.25, -0.2) is 0 Å². The molecule has 8 rings (SSSR count). The van der Waals surface area contributed by atoms with Crippen molar-refractivity contribution in [1.29, 1.82) is 0 Å². The van der Waals surface area contributed by atoms with Gasteiger partial charge in [0, 0.05) is 33.7 Å². The lowest BCUT2D eigenvalue weighted by atomic mass is 9.78. The molecule has 0 amide bonds. The molecule has 1 aliphatic heterocycles. The average Bonchev–Trinajstić information content (AvgIpc) is 3.67. The third-order valence-corrected chi connectivity index (χ3v) is 9.41. The Morgan fingerprint density at radius 2 is 1.14 bits per heavy atom. The molecule has 0 atom stereocenters. The highest BCUT2D eigenvalue weighted by Gasteiger charge is 2.51. The van der Waals surface area contributed by atoms with Gasteiger partial charge in [-0.2, -0.15) is 0 Å². The highest BCUT2D eigenvalue weighted by Crippen LogP contribution is 2.40. The fourth-order valence-corrected chi connectivity index (χ4v) is 6.38. The Morgan fingerprint density at radius 1 is 0.535 bits per heavy atom. The minimum absolute atomic E-state index is 0.359. The first-order valence-corrected chi connectivity index (χ1v) is 15.0. The largest absolute Gasteiger partial charge is 0.494 e. The van der Waals surface area contributed by atoms with Crippen LogP contribution >= 0.6 is 0 Å². The van der Waals surface area contributed by atoms with Crippen molar-refractivity contribution in [1.82, 2.24) is 9.13 Å². The molecule has 5 heteroatoms. The number of rotatable bonds is 4. The van der Waals surface area contributed by atoms with Gasteiger partial charge in [0.25, 0.3) is 0 Å². The first-order valence-electron chi connectivity index (χ1n) is 15.0. The highest BCUT2D eigenvalue weighted by atomic mass is 16.7. The van der Waals surface area contributed by atoms with E-state index in [0.29, 0.717) is 0 Å². The predicted molar refractivity (Wildman–Crippen MR) is 179 cm³/mol. The molecule has 0 aliphatic carbocycles. The first-order chi connectivity index (χ1) is 20.8. The summed E-state index contributed by atoms with van der Waals surface area (Å²) in [7, 11) is -0.365. The van der Waals surface area contributed by atoms with Crippen molar-refractivity contribution in [3.63, 3.8) is 0 Å². The van der Waals surface area contributed by atoms with Gasteiger partial charge in [0.2, 0.25) is 0 Å². The maximum Gasteiger partial charge on any atom is 0.494 e. The fraction of sp³-hybridized carbons (Fsp3) is 0.158. The van der Waals surface area contributed by atoms with Gasteiger partial charge in [-0.1, -0.05) is 72.8 Å². The summed E-state index contributed by atoms with van der Waals surface area (Å²) in [6.07, 6.45) is 2.18. The molecule has 3 heterocycles. The molecule has 7 aromatic rings. The molecule has 1 fully saturated rings. The molecule has 4 nitrogen and oxygen atoms in total. The van der Waals surface area contributed by atoms with Crippen LogP contribution in [0.1, 0.15) is 27.7 Å². The number of hydrogen-bond donors (Lipinski definition) is 0. The third-order valence-electron chi connectivity index (χ3n) is 9.41. The molecule has 210 valence electrons. The molecular formula is C38H33BN2O2. The Labute approximate surface area is 252 Å². The lowest BCUT2D eigenvalue weighted by molar-refractivity contribution is 0.00578. The molecule has 0 spiro atoms. The smallest absolute Gasteiger partial charge is 0.399 e. The standard InChI is InChI=1S/C38H33BN2O2/c1-37(2)38(3,4)43-39(42-37)28-18-15-26(16-19-28)27-17-21-35-33(25-27)31-20-22-34-32(23-24-40(34)29-11-7-5-8-12-29)36(31)41(35)30-13-9-6-10-14-30/h5-25H,1-4H3. The van der Waals surface area contributed by atoms with Gasteiger partial charge in [-0.05, 0) is 92.8 Å². The Kier molecular flexibility index (Phi) is 5.74. The van der Waals surface area contributed by atoms with Crippen LogP contribution in [0, 0.1) is 0 Å². The van der Waals surface area contributed by atoms with E-state index >= 15 is 0 Å². The van der Waals surface area contributed by atoms with Gasteiger partial charge in [0.15, 0.2) is 0 Å². The molecule has 5 aromatic carbocycles. The second-order valence-corrected chi connectivity index (χ2v) is 12.5. The fourth-order valence-electron chi connectivity index (χ4n) is 6.38. The van der Waals surface area contributed by atoms with Gasteiger partial charge in [-0.15, -0.1) is 0 Å². The molecule has 1 saturated heterocycles. The second kappa shape index (κ2) is 9.47. The number of aromatic nitrogens is 2. The number of benzene rings is 5. The SMILES string of the molecule is CC1(C)OB(c2ccc(-c3ccc4c(c3)c3ccc5c(ccn5-c5ccccc5)c3n4-c3ccccc3)cc2)OC1(C)C. The zero-order chi connectivity index (χ0) is 29.3. The average molecular weight is 561 g/mol. The van der Waals surface area contributed by atoms with Crippen LogP contribution in [0.15, 0.2) is 128 Å². The van der Waals surface area contributed by atoms with Crippen molar-refractivity contribution in [2.75, 3.05) is 0 Å². The lowest BCUT2D eigenvalue weighted by Gasteiger charge is -2.32. The Bertz CT molecular complexity index is 2110. The quantitative estimate of drug-likeness (QED) is 0.202. The third kappa shape index (κ3) is 4.07. The molecule has 1 aliphatic rings. The van der Waals surface area contributed by atoms with Crippen molar-refractivity contribution in [2.45, 2.75) is 38.9 Å². The number of hydrogen-bond acceptors (Lipinski definition) is 2. The molecule has 0 N–H and O–H groups in total. The highest BCUT2D eigenvalue weighted by molar-refractivity contribution is 6.62. The van der Waals surface area contributed by atoms with Crippen molar-refractivity contribution >= 4 is 45.3 Å². The first kappa shape index (κ1) is 26.1. The number of fused-ring (bicyclic) bond motifs is 5. The molecule has 0 bridgehead atoms. The van der Waals surface area contributed by atoms with E-state index in [1.54, 1.807) is 0 Å². The van der Waals surface area contributed by atoms with E-state index in [9.17, 15) is 0 Å². The van der Waals surface area contributed by atoms with E-state index in [2.05, 4.69) is 164 Å². The van der Waals surface area contributed by atoms with Crippen LogP contribution in [-0.4, -0.2) is 27.5 Å². The summed E-state index contributed by atoms with van der Waals surface area (Å²) in [5.74, 6) is 0. The van der Waals surface area contributed by atoms with Crippen LogP contribution in [-0.2, 0) is 9.31 Å². The number of para-hydroxylation sites is 2. The molecular weight excluding hydrogens is 527 g/mol. The van der Waals surface area contributed by atoms with Gasteiger partial charge in [0.1, 0.15) is 0 Å². The number of nitrogens with zero attached hydrogens (tertiary/aromatic N) is 2. The van der Waals surface area contributed by atoms with Crippen molar-refractivity contribution in [3.8, 4) is 22.5 Å². The minimum atomic E-state index is -0.365. The zero-order valence-electron chi connectivity index (χ0n) is 24.9. The Morgan fingerprint density at radius 3 is 1.81 bits per heavy atom. The molecule has 0 saturated carbocycles. The van der Waals surface area contributed by atoms with Gasteiger partial charge >= 0.3 is 7.12 Å². The van der Waals surface area contributed by atoms with Crippen LogP contribution in [0.5, 0.6) is 0 Å². The van der Waals surface area contributed by atoms with E-state index in [4.69, 9.17) is 9.31 Å². The minimum Gasteiger partial charge on any atom is -0.399 e. The normalized spacial score (nSPS) is 16.0. The topological polar surface area (TPSA) is 28.3 Å². The monoisotopic (exact) mass is 560 g/mol. The summed E-state index contributed by atoms with van der Waals surface area (Å²) < 4.78 is 17.3. The maximum atomic E-state index is 6.28. The van der Waals surface area contributed by atoms with Crippen LogP contribution in [0.3, 0.4) is 0 Å². The zero-order valence-corrected chi connectivity index (χ0v) is 24.9. The van der Waals surface area contributed by atoms with Gasteiger partial charge in [-0.3, -0.25) is 0 Å². The van der Waals surface area contributed by atoms with Crippen molar-refractivity contribution < 1.29 is 9.31 Å². The summed E-state index contributed by atoms with van der Waals surface area (Å²) in [6, 6.07) is 43.4. The van der Waals surface area contributed by atoms with Crippen LogP contribution in [0.25, 0.3) is 55.2 Å². The van der Waals surface area contributed by atoms with Crippen molar-refractivity contribution in [2.24, 2.45) is 0 Å². The predicted octanol–water partition coefficient (Wildman–Crippen LogP) is 8.69. The Hall–Kier alpha value is -4.58. The van der Waals surface area contributed by atoms with Crippen LogP contribution in [0.4, 0.5) is 0 Å².